The van der Waals surface area contributed by atoms with E-state index < -0.39 is 0 Å². The molecule has 7 nitrogen and oxygen atoms in total. The number of pyridine rings is 1. The fourth-order valence-corrected chi connectivity index (χ4v) is 1.63. The van der Waals surface area contributed by atoms with Gasteiger partial charge in [-0.25, -0.2) is 4.98 Å². The molecule has 0 fully saturated rings. The van der Waals surface area contributed by atoms with Crippen molar-refractivity contribution in [2.75, 3.05) is 31.4 Å². The van der Waals surface area contributed by atoms with Crippen molar-refractivity contribution in [3.05, 3.63) is 36.3 Å². The molecule has 0 saturated carbocycles. The lowest BCUT2D eigenvalue weighted by molar-refractivity contribution is 0.102. The summed E-state index contributed by atoms with van der Waals surface area (Å²) >= 11 is 0. The van der Waals surface area contributed by atoms with E-state index in [1.807, 2.05) is 0 Å². The molecule has 0 bridgehead atoms. The van der Waals surface area contributed by atoms with Gasteiger partial charge in [-0.3, -0.25) is 9.48 Å². The largest absolute Gasteiger partial charge is 0.383 e. The molecule has 0 saturated heterocycles. The molecule has 2 aromatic heterocycles. The summed E-state index contributed by atoms with van der Waals surface area (Å²) in [7, 11) is 3.39. The second kappa shape index (κ2) is 6.67. The molecular formula is C13H17N5O2. The molecule has 0 spiro atoms. The lowest BCUT2D eigenvalue weighted by atomic mass is 10.3. The van der Waals surface area contributed by atoms with Gasteiger partial charge in [-0.2, -0.15) is 5.10 Å². The minimum absolute atomic E-state index is 0.270. The number of hydrogen-bond donors (Lipinski definition) is 2. The van der Waals surface area contributed by atoms with E-state index in [-0.39, 0.29) is 5.91 Å². The predicted octanol–water partition coefficient (Wildman–Crippen LogP) is 1.22. The number of rotatable bonds is 6. The van der Waals surface area contributed by atoms with Gasteiger partial charge in [-0.1, -0.05) is 6.07 Å². The number of nitrogens with zero attached hydrogens (tertiary/aromatic N) is 3. The fraction of sp³-hybridized carbons (Fsp3) is 0.308. The van der Waals surface area contributed by atoms with E-state index in [2.05, 4.69) is 20.7 Å². The molecule has 0 aromatic carbocycles. The van der Waals surface area contributed by atoms with E-state index in [1.165, 1.54) is 0 Å². The van der Waals surface area contributed by atoms with Crippen LogP contribution in [0.2, 0.25) is 0 Å². The number of anilines is 2. The Bertz CT molecular complexity index is 582. The van der Waals surface area contributed by atoms with Crippen molar-refractivity contribution in [2.24, 2.45) is 0 Å². The van der Waals surface area contributed by atoms with E-state index in [0.29, 0.717) is 30.4 Å². The van der Waals surface area contributed by atoms with E-state index in [4.69, 9.17) is 4.74 Å². The van der Waals surface area contributed by atoms with Gasteiger partial charge in [0.15, 0.2) is 0 Å². The Balaban J connectivity index is 2.01. The molecule has 106 valence electrons. The summed E-state index contributed by atoms with van der Waals surface area (Å²) < 4.78 is 6.67. The Kier molecular flexibility index (Phi) is 4.67. The van der Waals surface area contributed by atoms with Crippen LogP contribution < -0.4 is 10.6 Å². The monoisotopic (exact) mass is 275 g/mol. The first kappa shape index (κ1) is 14.0. The third-order valence-corrected chi connectivity index (χ3v) is 2.65. The van der Waals surface area contributed by atoms with Gasteiger partial charge in [-0.15, -0.1) is 0 Å². The highest BCUT2D eigenvalue weighted by atomic mass is 16.5. The van der Waals surface area contributed by atoms with Crippen LogP contribution >= 0.6 is 0 Å². The van der Waals surface area contributed by atoms with Crippen LogP contribution in [0.25, 0.3) is 0 Å². The third-order valence-electron chi connectivity index (χ3n) is 2.65. The zero-order chi connectivity index (χ0) is 14.4. The zero-order valence-corrected chi connectivity index (χ0v) is 11.5. The standard InChI is InChI=1S/C13H17N5O2/c1-14-12-5-3-4-11(17-12)13(19)16-10-8-15-18(9-10)6-7-20-2/h3-5,8-9H,6-7H2,1-2H3,(H,14,17)(H,16,19). The third kappa shape index (κ3) is 3.55. The molecule has 2 heterocycles. The first-order valence-electron chi connectivity index (χ1n) is 6.20. The van der Waals surface area contributed by atoms with Gasteiger partial charge in [0.25, 0.3) is 5.91 Å². The molecule has 2 aromatic rings. The summed E-state index contributed by atoms with van der Waals surface area (Å²) in [5.41, 5.74) is 0.976. The lowest BCUT2D eigenvalue weighted by Crippen LogP contribution is -2.14. The molecule has 2 N–H and O–H groups in total. The smallest absolute Gasteiger partial charge is 0.274 e. The molecule has 0 radical (unpaired) electrons. The maximum Gasteiger partial charge on any atom is 0.274 e. The molecule has 0 unspecified atom stereocenters. The molecule has 20 heavy (non-hydrogen) atoms. The first-order valence-corrected chi connectivity index (χ1v) is 6.20. The van der Waals surface area contributed by atoms with Crippen molar-refractivity contribution in [1.29, 1.82) is 0 Å². The molecule has 0 aliphatic rings. The van der Waals surface area contributed by atoms with Crippen molar-refractivity contribution in [2.45, 2.75) is 6.54 Å². The van der Waals surface area contributed by atoms with E-state index in [1.54, 1.807) is 49.4 Å². The van der Waals surface area contributed by atoms with Gasteiger partial charge in [0.1, 0.15) is 11.5 Å². The average molecular weight is 275 g/mol. The minimum Gasteiger partial charge on any atom is -0.383 e. The topological polar surface area (TPSA) is 81.1 Å². The molecule has 0 aliphatic heterocycles. The molecule has 7 heteroatoms. The molecular weight excluding hydrogens is 258 g/mol. The highest BCUT2D eigenvalue weighted by Crippen LogP contribution is 2.09. The van der Waals surface area contributed by atoms with Crippen LogP contribution in [0, 0.1) is 0 Å². The maximum atomic E-state index is 12.0. The van der Waals surface area contributed by atoms with Gasteiger partial charge >= 0.3 is 0 Å². The van der Waals surface area contributed by atoms with Crippen molar-refractivity contribution in [3.63, 3.8) is 0 Å². The van der Waals surface area contributed by atoms with Gasteiger partial charge in [0.05, 0.1) is 25.0 Å². The number of amides is 1. The van der Waals surface area contributed by atoms with Gasteiger partial charge in [0.2, 0.25) is 0 Å². The summed E-state index contributed by atoms with van der Waals surface area (Å²) in [5, 5.41) is 9.77. The highest BCUT2D eigenvalue weighted by Gasteiger charge is 2.09. The van der Waals surface area contributed by atoms with Crippen LogP contribution in [0.5, 0.6) is 0 Å². The van der Waals surface area contributed by atoms with Crippen LogP contribution in [0.3, 0.4) is 0 Å². The van der Waals surface area contributed by atoms with Gasteiger partial charge in [0, 0.05) is 20.4 Å². The number of ether oxygens (including phenoxy) is 1. The quantitative estimate of drug-likeness (QED) is 0.828. The summed E-state index contributed by atoms with van der Waals surface area (Å²) in [6.45, 7) is 1.21. The average Bonchev–Trinajstić information content (AvgIpc) is 2.92. The number of hydrogen-bond acceptors (Lipinski definition) is 5. The Hall–Kier alpha value is -2.41. The number of nitrogens with one attached hydrogen (secondary N) is 2. The molecule has 0 aliphatic carbocycles. The van der Waals surface area contributed by atoms with Crippen molar-refractivity contribution >= 4 is 17.4 Å². The Labute approximate surface area is 117 Å². The fourth-order valence-electron chi connectivity index (χ4n) is 1.63. The van der Waals surface area contributed by atoms with E-state index in [0.717, 1.165) is 0 Å². The number of carbonyl (C=O) groups excluding carboxylic acids is 1. The zero-order valence-electron chi connectivity index (χ0n) is 11.5. The van der Waals surface area contributed by atoms with Crippen LogP contribution in [0.1, 0.15) is 10.5 Å². The second-order valence-electron chi connectivity index (χ2n) is 4.10. The Morgan fingerprint density at radius 1 is 1.45 bits per heavy atom. The van der Waals surface area contributed by atoms with Crippen LogP contribution in [-0.4, -0.2) is 41.4 Å². The Morgan fingerprint density at radius 3 is 3.05 bits per heavy atom. The van der Waals surface area contributed by atoms with Crippen molar-refractivity contribution in [3.8, 4) is 0 Å². The summed E-state index contributed by atoms with van der Waals surface area (Å²) in [4.78, 5) is 16.2. The maximum absolute atomic E-state index is 12.0. The van der Waals surface area contributed by atoms with E-state index >= 15 is 0 Å². The summed E-state index contributed by atoms with van der Waals surface area (Å²) in [6.07, 6.45) is 3.34. The molecule has 2 rings (SSSR count). The van der Waals surface area contributed by atoms with Crippen molar-refractivity contribution in [1.82, 2.24) is 14.8 Å². The van der Waals surface area contributed by atoms with E-state index in [9.17, 15) is 4.79 Å². The Morgan fingerprint density at radius 2 is 2.30 bits per heavy atom. The number of methoxy groups -OCH3 is 1. The van der Waals surface area contributed by atoms with Crippen LogP contribution in [0.4, 0.5) is 11.5 Å². The molecule has 0 atom stereocenters. The second-order valence-corrected chi connectivity index (χ2v) is 4.10. The van der Waals surface area contributed by atoms with Crippen LogP contribution in [-0.2, 0) is 11.3 Å². The van der Waals surface area contributed by atoms with Crippen LogP contribution in [0.15, 0.2) is 30.6 Å². The predicted molar refractivity (Wildman–Crippen MR) is 75.8 cm³/mol. The van der Waals surface area contributed by atoms with Gasteiger partial charge < -0.3 is 15.4 Å². The summed E-state index contributed by atoms with van der Waals surface area (Å²) in [5.74, 6) is 0.377. The number of aromatic nitrogens is 3. The van der Waals surface area contributed by atoms with Crippen molar-refractivity contribution < 1.29 is 9.53 Å². The first-order chi connectivity index (χ1) is 9.72. The summed E-state index contributed by atoms with van der Waals surface area (Å²) in [6, 6.07) is 5.22. The minimum atomic E-state index is -0.270. The number of carbonyl (C=O) groups is 1. The highest BCUT2D eigenvalue weighted by molar-refractivity contribution is 6.02. The normalized spacial score (nSPS) is 10.3. The SMILES string of the molecule is CNc1cccc(C(=O)Nc2cnn(CCOC)c2)n1. The molecule has 1 amide bonds. The van der Waals surface area contributed by atoms with Gasteiger partial charge in [-0.05, 0) is 12.1 Å². The lowest BCUT2D eigenvalue weighted by Gasteiger charge is -2.04.